The number of amides is 1. The van der Waals surface area contributed by atoms with Crippen molar-refractivity contribution in [3.05, 3.63) is 64.4 Å². The number of alkyl halides is 3. The highest BCUT2D eigenvalue weighted by atomic mass is 35.5. The molecule has 2 aromatic carbocycles. The first kappa shape index (κ1) is 24.0. The third kappa shape index (κ3) is 5.23. The van der Waals surface area contributed by atoms with Crippen LogP contribution in [0.5, 0.6) is 0 Å². The quantitative estimate of drug-likeness (QED) is 0.398. The number of carbonyl (C=O) groups excluding carboxylic acids is 2. The maximum Gasteiger partial charge on any atom is 0.392 e. The fourth-order valence-electron chi connectivity index (χ4n) is 3.75. The molecule has 0 aromatic heterocycles. The molecule has 2 aromatic rings. The van der Waals surface area contributed by atoms with Crippen LogP contribution in [-0.4, -0.2) is 25.2 Å². The molecule has 0 heterocycles. The predicted molar refractivity (Wildman–Crippen MR) is 112 cm³/mol. The van der Waals surface area contributed by atoms with Crippen molar-refractivity contribution in [1.82, 2.24) is 0 Å². The highest BCUT2D eigenvalue weighted by Crippen LogP contribution is 2.52. The predicted octanol–water partition coefficient (Wildman–Crippen LogP) is 5.99. The number of benzene rings is 2. The molecule has 1 N–H and O–H groups in total. The van der Waals surface area contributed by atoms with Crippen LogP contribution >= 0.6 is 11.6 Å². The standard InChI is InChI=1S/C23H22ClF4NO3/c1-13(23(26,27)28)20(14-3-6-16(24)7-4-14)21(31)29-18-11-15(5-8-17(18)25)22(9-10-22)12-19(30)32-2/h3-8,11,13,20H,9-10,12H2,1-2H3,(H,29,31)/t13-,20+/m1/s1. The van der Waals surface area contributed by atoms with Crippen LogP contribution in [0.2, 0.25) is 5.02 Å². The average molecular weight is 472 g/mol. The lowest BCUT2D eigenvalue weighted by Gasteiger charge is -2.26. The minimum Gasteiger partial charge on any atom is -0.469 e. The first-order valence-electron chi connectivity index (χ1n) is 9.97. The zero-order valence-corrected chi connectivity index (χ0v) is 18.2. The van der Waals surface area contributed by atoms with E-state index in [0.717, 1.165) is 13.0 Å². The zero-order chi connectivity index (χ0) is 23.7. The van der Waals surface area contributed by atoms with E-state index in [-0.39, 0.29) is 17.7 Å². The van der Waals surface area contributed by atoms with Crippen LogP contribution in [0.25, 0.3) is 0 Å². The van der Waals surface area contributed by atoms with Gasteiger partial charge in [0.1, 0.15) is 5.82 Å². The van der Waals surface area contributed by atoms with Crippen molar-refractivity contribution in [2.24, 2.45) is 5.92 Å². The van der Waals surface area contributed by atoms with Gasteiger partial charge in [-0.25, -0.2) is 4.39 Å². The summed E-state index contributed by atoms with van der Waals surface area (Å²) < 4.78 is 59.7. The topological polar surface area (TPSA) is 55.4 Å². The Morgan fingerprint density at radius 3 is 2.31 bits per heavy atom. The van der Waals surface area contributed by atoms with Gasteiger partial charge in [-0.1, -0.05) is 36.7 Å². The third-order valence-electron chi connectivity index (χ3n) is 5.93. The van der Waals surface area contributed by atoms with Crippen LogP contribution in [0.1, 0.15) is 43.2 Å². The summed E-state index contributed by atoms with van der Waals surface area (Å²) in [7, 11) is 1.27. The molecule has 0 saturated heterocycles. The summed E-state index contributed by atoms with van der Waals surface area (Å²) in [5, 5.41) is 2.63. The first-order valence-corrected chi connectivity index (χ1v) is 10.3. The summed E-state index contributed by atoms with van der Waals surface area (Å²) in [6, 6.07) is 9.49. The summed E-state index contributed by atoms with van der Waals surface area (Å²) in [6.07, 6.45) is -3.19. The molecule has 1 aliphatic carbocycles. The van der Waals surface area contributed by atoms with E-state index in [1.807, 2.05) is 0 Å². The Kier molecular flexibility index (Phi) is 6.83. The van der Waals surface area contributed by atoms with Crippen LogP contribution in [-0.2, 0) is 19.7 Å². The molecule has 1 fully saturated rings. The maximum atomic E-state index is 14.5. The molecular weight excluding hydrogens is 450 g/mol. The van der Waals surface area contributed by atoms with Gasteiger partial charge in [-0.2, -0.15) is 13.2 Å². The number of hydrogen-bond donors (Lipinski definition) is 1. The number of carbonyl (C=O) groups is 2. The van der Waals surface area contributed by atoms with Crippen molar-refractivity contribution >= 4 is 29.2 Å². The van der Waals surface area contributed by atoms with Gasteiger partial charge in [0, 0.05) is 10.4 Å². The molecule has 2 atom stereocenters. The fourth-order valence-corrected chi connectivity index (χ4v) is 3.88. The van der Waals surface area contributed by atoms with E-state index in [1.54, 1.807) is 0 Å². The van der Waals surface area contributed by atoms with Gasteiger partial charge in [0.25, 0.3) is 0 Å². The van der Waals surface area contributed by atoms with Crippen molar-refractivity contribution in [1.29, 1.82) is 0 Å². The summed E-state index contributed by atoms with van der Waals surface area (Å²) in [5.74, 6) is -5.83. The molecule has 0 unspecified atom stereocenters. The van der Waals surface area contributed by atoms with E-state index < -0.39 is 41.1 Å². The molecule has 1 amide bonds. The molecule has 0 spiro atoms. The largest absolute Gasteiger partial charge is 0.469 e. The highest BCUT2D eigenvalue weighted by molar-refractivity contribution is 6.30. The van der Waals surface area contributed by atoms with E-state index in [2.05, 4.69) is 5.32 Å². The van der Waals surface area contributed by atoms with Gasteiger partial charge in [0.05, 0.1) is 31.1 Å². The van der Waals surface area contributed by atoms with Crippen molar-refractivity contribution in [2.45, 2.75) is 43.7 Å². The van der Waals surface area contributed by atoms with Gasteiger partial charge < -0.3 is 10.1 Å². The zero-order valence-electron chi connectivity index (χ0n) is 17.4. The molecule has 0 radical (unpaired) electrons. The number of hydrogen-bond acceptors (Lipinski definition) is 3. The van der Waals surface area contributed by atoms with E-state index in [0.29, 0.717) is 23.4 Å². The Labute approximate surface area is 187 Å². The Morgan fingerprint density at radius 2 is 1.78 bits per heavy atom. The van der Waals surface area contributed by atoms with Gasteiger partial charge >= 0.3 is 12.1 Å². The van der Waals surface area contributed by atoms with Crippen LogP contribution in [0.15, 0.2) is 42.5 Å². The monoisotopic (exact) mass is 471 g/mol. The van der Waals surface area contributed by atoms with E-state index >= 15 is 0 Å². The number of nitrogens with one attached hydrogen (secondary N) is 1. The van der Waals surface area contributed by atoms with Crippen molar-refractivity contribution in [2.75, 3.05) is 12.4 Å². The van der Waals surface area contributed by atoms with Gasteiger partial charge in [-0.3, -0.25) is 9.59 Å². The van der Waals surface area contributed by atoms with Crippen LogP contribution in [0.4, 0.5) is 23.2 Å². The summed E-state index contributed by atoms with van der Waals surface area (Å²) >= 11 is 5.82. The first-order chi connectivity index (χ1) is 15.0. The highest BCUT2D eigenvalue weighted by Gasteiger charge is 2.47. The maximum absolute atomic E-state index is 14.5. The second kappa shape index (κ2) is 9.10. The molecule has 4 nitrogen and oxygen atoms in total. The van der Waals surface area contributed by atoms with E-state index in [9.17, 15) is 27.2 Å². The lowest BCUT2D eigenvalue weighted by Crippen LogP contribution is -2.34. The molecule has 172 valence electrons. The lowest BCUT2D eigenvalue weighted by molar-refractivity contribution is -0.178. The number of methoxy groups -OCH3 is 1. The summed E-state index contributed by atoms with van der Waals surface area (Å²) in [5.41, 5.74) is -0.0316. The van der Waals surface area contributed by atoms with Crippen molar-refractivity contribution in [3.63, 3.8) is 0 Å². The number of esters is 1. The smallest absolute Gasteiger partial charge is 0.392 e. The Hall–Kier alpha value is -2.61. The molecule has 1 aliphatic rings. The van der Waals surface area contributed by atoms with Crippen LogP contribution < -0.4 is 5.32 Å². The molecular formula is C23H22ClF4NO3. The van der Waals surface area contributed by atoms with Gasteiger partial charge in [0.15, 0.2) is 0 Å². The minimum absolute atomic E-state index is 0.0982. The van der Waals surface area contributed by atoms with Crippen molar-refractivity contribution in [3.8, 4) is 0 Å². The Balaban J connectivity index is 1.91. The van der Waals surface area contributed by atoms with Gasteiger partial charge in [0.2, 0.25) is 5.91 Å². The Bertz CT molecular complexity index is 1000. The SMILES string of the molecule is COC(=O)CC1(c2ccc(F)c(NC(=O)[C@H](c3ccc(Cl)cc3)[C@@H](C)C(F)(F)F)c2)CC1. The lowest BCUT2D eigenvalue weighted by atomic mass is 9.85. The number of anilines is 1. The molecule has 0 aliphatic heterocycles. The van der Waals surface area contributed by atoms with E-state index in [1.165, 1.54) is 43.5 Å². The fraction of sp³-hybridized carbons (Fsp3) is 0.391. The third-order valence-corrected chi connectivity index (χ3v) is 6.18. The van der Waals surface area contributed by atoms with E-state index in [4.69, 9.17) is 16.3 Å². The molecule has 9 heteroatoms. The molecule has 32 heavy (non-hydrogen) atoms. The molecule has 3 rings (SSSR count). The van der Waals surface area contributed by atoms with Crippen molar-refractivity contribution < 1.29 is 31.9 Å². The Morgan fingerprint density at radius 1 is 1.16 bits per heavy atom. The molecule has 1 saturated carbocycles. The van der Waals surface area contributed by atoms with Crippen LogP contribution in [0.3, 0.4) is 0 Å². The number of rotatable bonds is 7. The minimum atomic E-state index is -4.65. The van der Waals surface area contributed by atoms with Crippen LogP contribution in [0, 0.1) is 11.7 Å². The van der Waals surface area contributed by atoms with Gasteiger partial charge in [-0.05, 0) is 48.2 Å². The second-order valence-corrected chi connectivity index (χ2v) is 8.51. The number of halogens is 5. The molecule has 0 bridgehead atoms. The van der Waals surface area contributed by atoms with Gasteiger partial charge in [-0.15, -0.1) is 0 Å². The number of ether oxygens (including phenoxy) is 1. The summed E-state index contributed by atoms with van der Waals surface area (Å²) in [6.45, 7) is 0.904. The summed E-state index contributed by atoms with van der Waals surface area (Å²) in [4.78, 5) is 24.7. The second-order valence-electron chi connectivity index (χ2n) is 8.08. The average Bonchev–Trinajstić information content (AvgIpc) is 3.50. The normalized spacial score (nSPS) is 16.7.